The molecule has 0 aliphatic carbocycles. The third-order valence-corrected chi connectivity index (χ3v) is 3.07. The lowest BCUT2D eigenvalue weighted by molar-refractivity contribution is 0.865. The van der Waals surface area contributed by atoms with Crippen molar-refractivity contribution in [3.05, 3.63) is 54.4 Å². The molecule has 2 rings (SSSR count). The maximum absolute atomic E-state index is 4.49. The number of nitrogens with zero attached hydrogens (tertiary/aromatic N) is 2. The molecule has 1 heterocycles. The smallest absolute Gasteiger partial charge is 0.207 e. The van der Waals surface area contributed by atoms with Gasteiger partial charge in [0.05, 0.1) is 5.69 Å². The van der Waals surface area contributed by atoms with Crippen LogP contribution in [0.5, 0.6) is 0 Å². The van der Waals surface area contributed by atoms with Crippen molar-refractivity contribution in [1.29, 1.82) is 0 Å². The summed E-state index contributed by atoms with van der Waals surface area (Å²) in [4.78, 5) is 4.49. The summed E-state index contributed by atoms with van der Waals surface area (Å²) in [5, 5.41) is 3.25. The standard InChI is InChI=1S/C16H21N3/c1-5-10-17-16-18-13(4)11-19(16)15-8-6-14(7-9-15)12(2)3/h5-9,11-12H,1,10H2,2-4H3,(H,17,18). The van der Waals surface area contributed by atoms with E-state index in [9.17, 15) is 0 Å². The minimum Gasteiger partial charge on any atom is -0.352 e. The van der Waals surface area contributed by atoms with E-state index in [1.807, 2.05) is 19.2 Å². The van der Waals surface area contributed by atoms with Gasteiger partial charge in [0.15, 0.2) is 0 Å². The molecule has 19 heavy (non-hydrogen) atoms. The first-order valence-corrected chi connectivity index (χ1v) is 6.63. The third-order valence-electron chi connectivity index (χ3n) is 3.07. The number of aromatic nitrogens is 2. The average Bonchev–Trinajstić information content (AvgIpc) is 2.77. The van der Waals surface area contributed by atoms with Gasteiger partial charge in [0, 0.05) is 18.4 Å². The highest BCUT2D eigenvalue weighted by Crippen LogP contribution is 2.20. The second-order valence-electron chi connectivity index (χ2n) is 4.99. The highest BCUT2D eigenvalue weighted by Gasteiger charge is 2.07. The molecule has 0 fully saturated rings. The molecule has 0 spiro atoms. The number of benzene rings is 1. The quantitative estimate of drug-likeness (QED) is 0.821. The van der Waals surface area contributed by atoms with E-state index in [4.69, 9.17) is 0 Å². The molecule has 2 aromatic rings. The molecule has 0 saturated carbocycles. The van der Waals surface area contributed by atoms with Crippen LogP contribution in [0.3, 0.4) is 0 Å². The lowest BCUT2D eigenvalue weighted by Crippen LogP contribution is -2.05. The van der Waals surface area contributed by atoms with Gasteiger partial charge in [-0.15, -0.1) is 6.58 Å². The summed E-state index contributed by atoms with van der Waals surface area (Å²) in [5.74, 6) is 1.41. The summed E-state index contributed by atoms with van der Waals surface area (Å²) in [6.07, 6.45) is 3.87. The van der Waals surface area contributed by atoms with Crippen molar-refractivity contribution in [2.75, 3.05) is 11.9 Å². The molecule has 0 amide bonds. The Hall–Kier alpha value is -2.03. The van der Waals surface area contributed by atoms with Gasteiger partial charge >= 0.3 is 0 Å². The molecular weight excluding hydrogens is 234 g/mol. The molecule has 0 saturated heterocycles. The first-order valence-electron chi connectivity index (χ1n) is 6.63. The monoisotopic (exact) mass is 255 g/mol. The number of imidazole rings is 1. The molecule has 100 valence electrons. The van der Waals surface area contributed by atoms with Crippen LogP contribution >= 0.6 is 0 Å². The fraction of sp³-hybridized carbons (Fsp3) is 0.312. The zero-order valence-electron chi connectivity index (χ0n) is 11.9. The molecule has 3 nitrogen and oxygen atoms in total. The molecular formula is C16H21N3. The van der Waals surface area contributed by atoms with Gasteiger partial charge in [-0.2, -0.15) is 0 Å². The van der Waals surface area contributed by atoms with Crippen molar-refractivity contribution in [1.82, 2.24) is 9.55 Å². The molecule has 0 aliphatic rings. The molecule has 0 unspecified atom stereocenters. The van der Waals surface area contributed by atoms with Gasteiger partial charge in [-0.1, -0.05) is 32.1 Å². The van der Waals surface area contributed by atoms with Crippen LogP contribution in [0.15, 0.2) is 43.1 Å². The van der Waals surface area contributed by atoms with Crippen molar-refractivity contribution in [2.45, 2.75) is 26.7 Å². The van der Waals surface area contributed by atoms with Crippen LogP contribution in [-0.4, -0.2) is 16.1 Å². The minimum absolute atomic E-state index is 0.553. The summed E-state index contributed by atoms with van der Waals surface area (Å²) in [6, 6.07) is 8.62. The number of nitrogens with one attached hydrogen (secondary N) is 1. The summed E-state index contributed by atoms with van der Waals surface area (Å²) in [6.45, 7) is 10.8. The van der Waals surface area contributed by atoms with Crippen LogP contribution in [0.1, 0.15) is 31.0 Å². The van der Waals surface area contributed by atoms with Gasteiger partial charge < -0.3 is 5.32 Å². The molecule has 0 aliphatic heterocycles. The molecule has 0 atom stereocenters. The first-order chi connectivity index (χ1) is 9.11. The maximum atomic E-state index is 4.49. The zero-order chi connectivity index (χ0) is 13.8. The maximum Gasteiger partial charge on any atom is 0.207 e. The van der Waals surface area contributed by atoms with Gasteiger partial charge in [-0.05, 0) is 30.5 Å². The van der Waals surface area contributed by atoms with E-state index >= 15 is 0 Å². The fourth-order valence-corrected chi connectivity index (χ4v) is 2.00. The van der Waals surface area contributed by atoms with Crippen molar-refractivity contribution < 1.29 is 0 Å². The number of aryl methyl sites for hydroxylation is 1. The predicted molar refractivity (Wildman–Crippen MR) is 81.1 cm³/mol. The van der Waals surface area contributed by atoms with E-state index in [1.54, 1.807) is 0 Å². The topological polar surface area (TPSA) is 29.9 Å². The lowest BCUT2D eigenvalue weighted by atomic mass is 10.0. The second kappa shape index (κ2) is 5.74. The summed E-state index contributed by atoms with van der Waals surface area (Å²) >= 11 is 0. The number of hydrogen-bond acceptors (Lipinski definition) is 2. The third kappa shape index (κ3) is 3.05. The zero-order valence-corrected chi connectivity index (χ0v) is 11.9. The molecule has 1 aromatic carbocycles. The van der Waals surface area contributed by atoms with Crippen LogP contribution in [0, 0.1) is 6.92 Å². The van der Waals surface area contributed by atoms with Crippen LogP contribution in [-0.2, 0) is 0 Å². The lowest BCUT2D eigenvalue weighted by Gasteiger charge is -2.10. The normalized spacial score (nSPS) is 10.7. The SMILES string of the molecule is C=CCNc1nc(C)cn1-c1ccc(C(C)C)cc1. The van der Waals surface area contributed by atoms with Crippen LogP contribution in [0.25, 0.3) is 5.69 Å². The van der Waals surface area contributed by atoms with Gasteiger partial charge in [-0.3, -0.25) is 4.57 Å². The van der Waals surface area contributed by atoms with Crippen molar-refractivity contribution in [3.8, 4) is 5.69 Å². The highest BCUT2D eigenvalue weighted by atomic mass is 15.2. The Labute approximate surface area is 115 Å². The molecule has 1 N–H and O–H groups in total. The molecule has 0 radical (unpaired) electrons. The van der Waals surface area contributed by atoms with E-state index in [1.165, 1.54) is 5.56 Å². The van der Waals surface area contributed by atoms with Gasteiger partial charge in [-0.25, -0.2) is 4.98 Å². The first kappa shape index (κ1) is 13.4. The van der Waals surface area contributed by atoms with E-state index in [2.05, 4.69) is 59.6 Å². The van der Waals surface area contributed by atoms with Crippen LogP contribution in [0.4, 0.5) is 5.95 Å². The average molecular weight is 255 g/mol. The fourth-order valence-electron chi connectivity index (χ4n) is 2.00. The number of hydrogen-bond donors (Lipinski definition) is 1. The van der Waals surface area contributed by atoms with E-state index in [0.29, 0.717) is 12.5 Å². The Morgan fingerprint density at radius 1 is 1.32 bits per heavy atom. The predicted octanol–water partition coefficient (Wildman–Crippen LogP) is 3.90. The molecule has 3 heteroatoms. The number of anilines is 1. The van der Waals surface area contributed by atoms with E-state index in [0.717, 1.165) is 17.3 Å². The van der Waals surface area contributed by atoms with Crippen LogP contribution in [0.2, 0.25) is 0 Å². The largest absolute Gasteiger partial charge is 0.352 e. The van der Waals surface area contributed by atoms with Crippen LogP contribution < -0.4 is 5.32 Å². The summed E-state index contributed by atoms with van der Waals surface area (Å²) in [5.41, 5.74) is 3.47. The Bertz CT molecular complexity index is 550. The van der Waals surface area contributed by atoms with E-state index < -0.39 is 0 Å². The number of rotatable bonds is 5. The highest BCUT2D eigenvalue weighted by molar-refractivity contribution is 5.44. The summed E-state index contributed by atoms with van der Waals surface area (Å²) in [7, 11) is 0. The van der Waals surface area contributed by atoms with Crippen molar-refractivity contribution in [2.24, 2.45) is 0 Å². The Morgan fingerprint density at radius 3 is 2.58 bits per heavy atom. The molecule has 1 aromatic heterocycles. The Kier molecular flexibility index (Phi) is 4.05. The Morgan fingerprint density at radius 2 is 2.00 bits per heavy atom. The van der Waals surface area contributed by atoms with Gasteiger partial charge in [0.25, 0.3) is 0 Å². The second-order valence-corrected chi connectivity index (χ2v) is 4.99. The van der Waals surface area contributed by atoms with Crippen molar-refractivity contribution in [3.63, 3.8) is 0 Å². The van der Waals surface area contributed by atoms with E-state index in [-0.39, 0.29) is 0 Å². The minimum atomic E-state index is 0.553. The Balaban J connectivity index is 2.32. The summed E-state index contributed by atoms with van der Waals surface area (Å²) < 4.78 is 2.07. The van der Waals surface area contributed by atoms with Crippen molar-refractivity contribution >= 4 is 5.95 Å². The van der Waals surface area contributed by atoms with Gasteiger partial charge in [0.2, 0.25) is 5.95 Å². The van der Waals surface area contributed by atoms with Gasteiger partial charge in [0.1, 0.15) is 0 Å². The molecule has 0 bridgehead atoms.